The van der Waals surface area contributed by atoms with Crippen molar-refractivity contribution >= 4 is 23.3 Å². The first-order chi connectivity index (χ1) is 9.51. The average Bonchev–Trinajstić information content (AvgIpc) is 2.80. The summed E-state index contributed by atoms with van der Waals surface area (Å²) in [6.45, 7) is 3.90. The van der Waals surface area contributed by atoms with Crippen molar-refractivity contribution in [3.63, 3.8) is 0 Å². The van der Waals surface area contributed by atoms with E-state index < -0.39 is 5.97 Å². The Morgan fingerprint density at radius 2 is 2.15 bits per heavy atom. The molecule has 1 heterocycles. The van der Waals surface area contributed by atoms with E-state index in [1.54, 1.807) is 11.3 Å². The molecule has 1 aromatic heterocycles. The fourth-order valence-corrected chi connectivity index (χ4v) is 2.85. The number of thiophene rings is 1. The molecule has 0 aliphatic rings. The van der Waals surface area contributed by atoms with Crippen LogP contribution in [0.1, 0.15) is 38.0 Å². The number of carboxylic acid groups (broad SMARTS) is 1. The molecule has 2 atom stereocenters. The first kappa shape index (κ1) is 16.5. The Kier molecular flexibility index (Phi) is 7.08. The Bertz CT molecular complexity index is 420. The molecule has 0 spiro atoms. The highest BCUT2D eigenvalue weighted by Crippen LogP contribution is 2.11. The summed E-state index contributed by atoms with van der Waals surface area (Å²) in [5.74, 6) is -0.893. The molecule has 0 aromatic carbocycles. The first-order valence-electron chi connectivity index (χ1n) is 6.82. The van der Waals surface area contributed by atoms with Gasteiger partial charge in [-0.2, -0.15) is 0 Å². The van der Waals surface area contributed by atoms with Gasteiger partial charge in [0.25, 0.3) is 0 Å². The SMILES string of the molecule is CCCC(CC(=O)O)NC(=O)NC(C)Cc1cccs1. The first-order valence-corrected chi connectivity index (χ1v) is 7.70. The Morgan fingerprint density at radius 3 is 2.70 bits per heavy atom. The minimum atomic E-state index is -0.893. The lowest BCUT2D eigenvalue weighted by Gasteiger charge is -2.19. The number of carboxylic acids is 1. The molecule has 5 nitrogen and oxygen atoms in total. The van der Waals surface area contributed by atoms with Gasteiger partial charge < -0.3 is 15.7 Å². The van der Waals surface area contributed by atoms with E-state index in [9.17, 15) is 9.59 Å². The molecule has 0 saturated heterocycles. The van der Waals surface area contributed by atoms with E-state index in [0.717, 1.165) is 12.8 Å². The molecule has 0 radical (unpaired) electrons. The van der Waals surface area contributed by atoms with Crippen molar-refractivity contribution in [2.24, 2.45) is 0 Å². The van der Waals surface area contributed by atoms with E-state index in [1.807, 2.05) is 31.4 Å². The zero-order chi connectivity index (χ0) is 15.0. The fraction of sp³-hybridized carbons (Fsp3) is 0.571. The van der Waals surface area contributed by atoms with Gasteiger partial charge in [-0.05, 0) is 24.8 Å². The van der Waals surface area contributed by atoms with Gasteiger partial charge in [0, 0.05) is 23.4 Å². The van der Waals surface area contributed by atoms with Crippen LogP contribution in [-0.2, 0) is 11.2 Å². The molecule has 0 saturated carbocycles. The molecule has 2 amide bonds. The molecule has 0 aliphatic heterocycles. The summed E-state index contributed by atoms with van der Waals surface area (Å²) >= 11 is 1.66. The molecule has 1 aromatic rings. The lowest BCUT2D eigenvalue weighted by Crippen LogP contribution is -2.46. The topological polar surface area (TPSA) is 78.4 Å². The summed E-state index contributed by atoms with van der Waals surface area (Å²) in [6.07, 6.45) is 2.24. The molecule has 20 heavy (non-hydrogen) atoms. The van der Waals surface area contributed by atoms with Crippen LogP contribution in [0.3, 0.4) is 0 Å². The monoisotopic (exact) mass is 298 g/mol. The number of amides is 2. The third-order valence-corrected chi connectivity index (χ3v) is 3.76. The van der Waals surface area contributed by atoms with Gasteiger partial charge in [0.1, 0.15) is 0 Å². The summed E-state index contributed by atoms with van der Waals surface area (Å²) < 4.78 is 0. The lowest BCUT2D eigenvalue weighted by atomic mass is 10.1. The number of hydrogen-bond acceptors (Lipinski definition) is 3. The summed E-state index contributed by atoms with van der Waals surface area (Å²) in [4.78, 5) is 23.8. The number of hydrogen-bond donors (Lipinski definition) is 3. The van der Waals surface area contributed by atoms with E-state index in [0.29, 0.717) is 6.42 Å². The number of carbonyl (C=O) groups is 2. The van der Waals surface area contributed by atoms with Crippen LogP contribution in [0.2, 0.25) is 0 Å². The number of carbonyl (C=O) groups excluding carboxylic acids is 1. The summed E-state index contributed by atoms with van der Waals surface area (Å²) in [6, 6.07) is 3.42. The second-order valence-corrected chi connectivity index (χ2v) is 5.92. The summed E-state index contributed by atoms with van der Waals surface area (Å²) in [7, 11) is 0. The highest BCUT2D eigenvalue weighted by molar-refractivity contribution is 7.09. The molecule has 1 rings (SSSR count). The van der Waals surface area contributed by atoms with Crippen molar-refractivity contribution in [1.29, 1.82) is 0 Å². The van der Waals surface area contributed by atoms with E-state index in [2.05, 4.69) is 10.6 Å². The molecule has 2 unspecified atom stereocenters. The predicted octanol–water partition coefficient (Wildman–Crippen LogP) is 2.62. The van der Waals surface area contributed by atoms with Crippen molar-refractivity contribution in [2.45, 2.75) is 51.6 Å². The number of aliphatic carboxylic acids is 1. The summed E-state index contributed by atoms with van der Waals surface area (Å²) in [5.41, 5.74) is 0. The van der Waals surface area contributed by atoms with Crippen LogP contribution >= 0.6 is 11.3 Å². The number of nitrogens with one attached hydrogen (secondary N) is 2. The van der Waals surface area contributed by atoms with Gasteiger partial charge in [0.15, 0.2) is 0 Å². The van der Waals surface area contributed by atoms with Crippen LogP contribution in [-0.4, -0.2) is 29.2 Å². The third-order valence-electron chi connectivity index (χ3n) is 2.86. The largest absolute Gasteiger partial charge is 0.481 e. The predicted molar refractivity (Wildman–Crippen MR) is 80.1 cm³/mol. The van der Waals surface area contributed by atoms with Crippen molar-refractivity contribution in [3.05, 3.63) is 22.4 Å². The maximum atomic E-state index is 11.8. The minimum Gasteiger partial charge on any atom is -0.481 e. The Labute approximate surface area is 123 Å². The quantitative estimate of drug-likeness (QED) is 0.690. The second-order valence-electron chi connectivity index (χ2n) is 4.89. The maximum Gasteiger partial charge on any atom is 0.315 e. The minimum absolute atomic E-state index is 0.0146. The molecular weight excluding hydrogens is 276 g/mol. The number of urea groups is 1. The van der Waals surface area contributed by atoms with Gasteiger partial charge in [-0.25, -0.2) is 4.79 Å². The third kappa shape index (κ3) is 6.56. The van der Waals surface area contributed by atoms with Crippen LogP contribution in [0.4, 0.5) is 4.79 Å². The van der Waals surface area contributed by atoms with Gasteiger partial charge in [-0.15, -0.1) is 11.3 Å². The Hall–Kier alpha value is -1.56. The molecule has 112 valence electrons. The van der Waals surface area contributed by atoms with Crippen LogP contribution in [0, 0.1) is 0 Å². The fourth-order valence-electron chi connectivity index (χ4n) is 2.02. The molecule has 6 heteroatoms. The average molecular weight is 298 g/mol. The Balaban J connectivity index is 2.38. The summed E-state index contributed by atoms with van der Waals surface area (Å²) in [5, 5.41) is 16.4. The van der Waals surface area contributed by atoms with E-state index in [1.165, 1.54) is 4.88 Å². The van der Waals surface area contributed by atoms with Gasteiger partial charge in [-0.1, -0.05) is 19.4 Å². The maximum absolute atomic E-state index is 11.8. The van der Waals surface area contributed by atoms with Gasteiger partial charge in [0.2, 0.25) is 0 Å². The smallest absolute Gasteiger partial charge is 0.315 e. The van der Waals surface area contributed by atoms with Crippen LogP contribution < -0.4 is 10.6 Å². The van der Waals surface area contributed by atoms with Crippen LogP contribution in [0.25, 0.3) is 0 Å². The van der Waals surface area contributed by atoms with Crippen molar-refractivity contribution < 1.29 is 14.7 Å². The molecule has 0 fully saturated rings. The van der Waals surface area contributed by atoms with Crippen molar-refractivity contribution in [2.75, 3.05) is 0 Å². The van der Waals surface area contributed by atoms with Gasteiger partial charge >= 0.3 is 12.0 Å². The molecule has 3 N–H and O–H groups in total. The van der Waals surface area contributed by atoms with E-state index in [4.69, 9.17) is 5.11 Å². The second kappa shape index (κ2) is 8.58. The number of rotatable bonds is 8. The molecular formula is C14H22N2O3S. The zero-order valence-electron chi connectivity index (χ0n) is 11.9. The molecule has 0 bridgehead atoms. The molecule has 0 aliphatic carbocycles. The standard InChI is InChI=1S/C14H22N2O3S/c1-3-5-11(9-13(17)18)16-14(19)15-10(2)8-12-6-4-7-20-12/h4,6-7,10-11H,3,5,8-9H2,1-2H3,(H,17,18)(H2,15,16,19). The van der Waals surface area contributed by atoms with E-state index >= 15 is 0 Å². The highest BCUT2D eigenvalue weighted by atomic mass is 32.1. The van der Waals surface area contributed by atoms with Crippen LogP contribution in [0.15, 0.2) is 17.5 Å². The zero-order valence-corrected chi connectivity index (χ0v) is 12.7. The highest BCUT2D eigenvalue weighted by Gasteiger charge is 2.16. The van der Waals surface area contributed by atoms with Gasteiger partial charge in [0.05, 0.1) is 6.42 Å². The van der Waals surface area contributed by atoms with Crippen molar-refractivity contribution in [1.82, 2.24) is 10.6 Å². The lowest BCUT2D eigenvalue weighted by molar-refractivity contribution is -0.137. The van der Waals surface area contributed by atoms with Crippen LogP contribution in [0.5, 0.6) is 0 Å². The van der Waals surface area contributed by atoms with Gasteiger partial charge in [-0.3, -0.25) is 4.79 Å². The Morgan fingerprint density at radius 1 is 1.40 bits per heavy atom. The van der Waals surface area contributed by atoms with E-state index in [-0.39, 0.29) is 24.5 Å². The van der Waals surface area contributed by atoms with Crippen molar-refractivity contribution in [3.8, 4) is 0 Å². The normalized spacial score (nSPS) is 13.5.